The minimum absolute atomic E-state index is 0.0231. The van der Waals surface area contributed by atoms with Gasteiger partial charge in [-0.05, 0) is 32.8 Å². The van der Waals surface area contributed by atoms with E-state index >= 15 is 0 Å². The van der Waals surface area contributed by atoms with Gasteiger partial charge in [-0.15, -0.1) is 0 Å². The van der Waals surface area contributed by atoms with Crippen LogP contribution in [0.25, 0.3) is 0 Å². The van der Waals surface area contributed by atoms with Gasteiger partial charge in [0.2, 0.25) is 5.91 Å². The van der Waals surface area contributed by atoms with Crippen LogP contribution in [0.4, 0.5) is 5.69 Å². The standard InChI is InChI=1S/C20H32N2O6S/c1-5-21(6-2)17-10-9-16(19(12-17)28-29(4,24)25)13-22(20(23)15-26-3)14-18-8-7-11-27-18/h9-10,12,18H,5-8,11,13-15H2,1-4H3. The van der Waals surface area contributed by atoms with Gasteiger partial charge in [0.15, 0.2) is 0 Å². The largest absolute Gasteiger partial charge is 0.382 e. The number of amides is 1. The van der Waals surface area contributed by atoms with Crippen molar-refractivity contribution in [3.8, 4) is 5.75 Å². The van der Waals surface area contributed by atoms with Gasteiger partial charge in [0, 0.05) is 57.2 Å². The summed E-state index contributed by atoms with van der Waals surface area (Å²) in [5.41, 5.74) is 1.49. The first-order valence-electron chi connectivity index (χ1n) is 9.93. The Morgan fingerprint density at radius 2 is 2.00 bits per heavy atom. The maximum Gasteiger partial charge on any atom is 0.306 e. The van der Waals surface area contributed by atoms with Crippen LogP contribution < -0.4 is 9.08 Å². The fourth-order valence-corrected chi connectivity index (χ4v) is 3.89. The summed E-state index contributed by atoms with van der Waals surface area (Å²) < 4.78 is 39.6. The Balaban J connectivity index is 2.33. The summed E-state index contributed by atoms with van der Waals surface area (Å²) in [5.74, 6) is 0.0561. The lowest BCUT2D eigenvalue weighted by Gasteiger charge is -2.27. The van der Waals surface area contributed by atoms with Gasteiger partial charge in [-0.3, -0.25) is 4.79 Å². The number of carbonyl (C=O) groups excluding carboxylic acids is 1. The molecule has 0 N–H and O–H groups in total. The number of methoxy groups -OCH3 is 1. The molecule has 0 aromatic heterocycles. The van der Waals surface area contributed by atoms with Gasteiger partial charge in [0.1, 0.15) is 12.4 Å². The van der Waals surface area contributed by atoms with E-state index in [4.69, 9.17) is 13.7 Å². The molecule has 1 aromatic carbocycles. The number of hydrogen-bond donors (Lipinski definition) is 0. The van der Waals surface area contributed by atoms with E-state index in [-0.39, 0.29) is 30.9 Å². The second kappa shape index (κ2) is 10.8. The smallest absolute Gasteiger partial charge is 0.306 e. The SMILES string of the molecule is CCN(CC)c1ccc(CN(CC2CCCO2)C(=O)COC)c(OS(C)(=O)=O)c1. The monoisotopic (exact) mass is 428 g/mol. The van der Waals surface area contributed by atoms with Crippen LogP contribution in [0.3, 0.4) is 0 Å². The molecule has 1 aliphatic heterocycles. The third kappa shape index (κ3) is 7.17. The fraction of sp³-hybridized carbons (Fsp3) is 0.650. The Morgan fingerprint density at radius 1 is 1.28 bits per heavy atom. The van der Waals surface area contributed by atoms with Gasteiger partial charge >= 0.3 is 10.1 Å². The minimum Gasteiger partial charge on any atom is -0.382 e. The van der Waals surface area contributed by atoms with E-state index in [1.165, 1.54) is 7.11 Å². The maximum absolute atomic E-state index is 12.6. The van der Waals surface area contributed by atoms with Crippen molar-refractivity contribution >= 4 is 21.7 Å². The lowest BCUT2D eigenvalue weighted by atomic mass is 10.1. The number of ether oxygens (including phenoxy) is 2. The van der Waals surface area contributed by atoms with Crippen LogP contribution in [0.2, 0.25) is 0 Å². The van der Waals surface area contributed by atoms with Gasteiger partial charge in [-0.1, -0.05) is 6.07 Å². The van der Waals surface area contributed by atoms with Crippen molar-refractivity contribution in [2.24, 2.45) is 0 Å². The molecule has 1 atom stereocenters. The van der Waals surface area contributed by atoms with Crippen molar-refractivity contribution in [3.63, 3.8) is 0 Å². The Bertz CT molecular complexity index is 773. The molecule has 164 valence electrons. The summed E-state index contributed by atoms with van der Waals surface area (Å²) in [6.45, 7) is 6.91. The molecule has 1 heterocycles. The Kier molecular flexibility index (Phi) is 8.73. The molecule has 2 rings (SSSR count). The first-order valence-corrected chi connectivity index (χ1v) is 11.7. The number of anilines is 1. The predicted molar refractivity (Wildman–Crippen MR) is 112 cm³/mol. The lowest BCUT2D eigenvalue weighted by Crippen LogP contribution is -2.39. The molecule has 1 saturated heterocycles. The van der Waals surface area contributed by atoms with Crippen LogP contribution in [-0.2, 0) is 30.9 Å². The third-order valence-electron chi connectivity index (χ3n) is 4.85. The van der Waals surface area contributed by atoms with Crippen molar-refractivity contribution in [1.82, 2.24) is 4.90 Å². The average molecular weight is 429 g/mol. The van der Waals surface area contributed by atoms with Crippen molar-refractivity contribution in [3.05, 3.63) is 23.8 Å². The first-order chi connectivity index (χ1) is 13.8. The van der Waals surface area contributed by atoms with Crippen molar-refractivity contribution in [1.29, 1.82) is 0 Å². The van der Waals surface area contributed by atoms with Crippen LogP contribution in [0.1, 0.15) is 32.3 Å². The van der Waals surface area contributed by atoms with Crippen LogP contribution in [-0.4, -0.2) is 71.5 Å². The second-order valence-corrected chi connectivity index (χ2v) is 8.67. The van der Waals surface area contributed by atoms with Gasteiger partial charge in [-0.25, -0.2) is 0 Å². The van der Waals surface area contributed by atoms with E-state index in [0.29, 0.717) is 18.7 Å². The summed E-state index contributed by atoms with van der Waals surface area (Å²) >= 11 is 0. The lowest BCUT2D eigenvalue weighted by molar-refractivity contribution is -0.137. The van der Waals surface area contributed by atoms with Crippen LogP contribution in [0.15, 0.2) is 18.2 Å². The molecule has 8 nitrogen and oxygen atoms in total. The molecule has 1 aromatic rings. The summed E-state index contributed by atoms with van der Waals surface area (Å²) in [7, 11) is -2.24. The molecule has 29 heavy (non-hydrogen) atoms. The molecule has 0 spiro atoms. The fourth-order valence-electron chi connectivity index (χ4n) is 3.41. The highest BCUT2D eigenvalue weighted by atomic mass is 32.2. The van der Waals surface area contributed by atoms with Crippen molar-refractivity contribution in [2.45, 2.75) is 39.3 Å². The maximum atomic E-state index is 12.6. The van der Waals surface area contributed by atoms with Gasteiger partial charge in [0.05, 0.1) is 12.4 Å². The molecule has 0 radical (unpaired) electrons. The summed E-state index contributed by atoms with van der Waals surface area (Å²) in [6.07, 6.45) is 2.86. The van der Waals surface area contributed by atoms with Crippen molar-refractivity contribution < 1.29 is 26.9 Å². The molecular weight excluding hydrogens is 396 g/mol. The summed E-state index contributed by atoms with van der Waals surface area (Å²) in [5, 5.41) is 0. The van der Waals surface area contributed by atoms with Gasteiger partial charge < -0.3 is 23.5 Å². The van der Waals surface area contributed by atoms with E-state index < -0.39 is 10.1 Å². The number of hydrogen-bond acceptors (Lipinski definition) is 7. The zero-order valence-corrected chi connectivity index (χ0v) is 18.5. The van der Waals surface area contributed by atoms with Crippen LogP contribution >= 0.6 is 0 Å². The molecule has 1 amide bonds. The van der Waals surface area contributed by atoms with Gasteiger partial charge in [0.25, 0.3) is 0 Å². The van der Waals surface area contributed by atoms with E-state index in [1.54, 1.807) is 11.0 Å². The highest BCUT2D eigenvalue weighted by Gasteiger charge is 2.24. The van der Waals surface area contributed by atoms with Crippen LogP contribution in [0, 0.1) is 0 Å². The number of benzene rings is 1. The molecule has 1 fully saturated rings. The molecule has 0 saturated carbocycles. The van der Waals surface area contributed by atoms with E-state index in [0.717, 1.165) is 37.9 Å². The molecule has 1 aliphatic rings. The molecule has 0 bridgehead atoms. The minimum atomic E-state index is -3.72. The Labute approximate surface area is 173 Å². The highest BCUT2D eigenvalue weighted by molar-refractivity contribution is 7.86. The topological polar surface area (TPSA) is 85.4 Å². The first kappa shape index (κ1) is 23.4. The van der Waals surface area contributed by atoms with E-state index in [1.807, 2.05) is 26.0 Å². The van der Waals surface area contributed by atoms with E-state index in [2.05, 4.69) is 4.90 Å². The third-order valence-corrected chi connectivity index (χ3v) is 5.33. The second-order valence-electron chi connectivity index (χ2n) is 7.09. The number of rotatable bonds is 11. The number of nitrogens with zero attached hydrogens (tertiary/aromatic N) is 2. The average Bonchev–Trinajstić information content (AvgIpc) is 3.16. The van der Waals surface area contributed by atoms with Crippen molar-refractivity contribution in [2.75, 3.05) is 51.1 Å². The van der Waals surface area contributed by atoms with E-state index in [9.17, 15) is 13.2 Å². The summed E-state index contributed by atoms with van der Waals surface area (Å²) in [6, 6.07) is 5.45. The highest BCUT2D eigenvalue weighted by Crippen LogP contribution is 2.29. The zero-order chi connectivity index (χ0) is 21.4. The Hall–Kier alpha value is -1.84. The Morgan fingerprint density at radius 3 is 2.55 bits per heavy atom. The molecule has 9 heteroatoms. The normalized spacial score (nSPS) is 16.6. The van der Waals surface area contributed by atoms with Crippen LogP contribution in [0.5, 0.6) is 5.75 Å². The predicted octanol–water partition coefficient (Wildman–Crippen LogP) is 2.03. The molecule has 0 aliphatic carbocycles. The molecular formula is C20H32N2O6S. The quantitative estimate of drug-likeness (QED) is 0.499. The number of carbonyl (C=O) groups is 1. The van der Waals surface area contributed by atoms with Gasteiger partial charge in [-0.2, -0.15) is 8.42 Å². The summed E-state index contributed by atoms with van der Waals surface area (Å²) in [4.78, 5) is 16.3. The molecule has 1 unspecified atom stereocenters. The zero-order valence-electron chi connectivity index (χ0n) is 17.7.